The molecule has 0 saturated carbocycles. The average Bonchev–Trinajstić information content (AvgIpc) is 3.02. The average molecular weight is 487 g/mol. The molecule has 1 N–H and O–H groups in total. The predicted octanol–water partition coefficient (Wildman–Crippen LogP) is 2.72. The molecule has 1 fully saturated rings. The van der Waals surface area contributed by atoms with Crippen molar-refractivity contribution in [3.63, 3.8) is 0 Å². The van der Waals surface area contributed by atoms with E-state index in [1.807, 2.05) is 6.07 Å². The number of ether oxygens (including phenoxy) is 1. The molecule has 180 valence electrons. The number of carbonyl (C=O) groups is 1. The molecule has 1 aliphatic rings. The van der Waals surface area contributed by atoms with E-state index in [0.29, 0.717) is 24.4 Å². The lowest BCUT2D eigenvalue weighted by atomic mass is 10.2. The fraction of sp³-hybridized carbons (Fsp3) is 0.348. The lowest BCUT2D eigenvalue weighted by molar-refractivity contribution is -0.117. The zero-order chi connectivity index (χ0) is 24.1. The number of hydrogen-bond acceptors (Lipinski definition) is 7. The first-order valence-electron chi connectivity index (χ1n) is 11.0. The van der Waals surface area contributed by atoms with Crippen molar-refractivity contribution in [3.05, 3.63) is 59.1 Å². The van der Waals surface area contributed by atoms with Gasteiger partial charge in [-0.3, -0.25) is 4.79 Å². The van der Waals surface area contributed by atoms with E-state index in [4.69, 9.17) is 9.15 Å². The van der Waals surface area contributed by atoms with Crippen molar-refractivity contribution in [1.29, 1.82) is 0 Å². The summed E-state index contributed by atoms with van der Waals surface area (Å²) >= 11 is 0. The molecule has 2 aromatic carbocycles. The molecule has 0 atom stereocenters. The van der Waals surface area contributed by atoms with Crippen LogP contribution in [0.2, 0.25) is 0 Å². The highest BCUT2D eigenvalue weighted by Gasteiger charge is 2.26. The summed E-state index contributed by atoms with van der Waals surface area (Å²) in [4.78, 5) is 24.9. The number of sulfonamides is 1. The van der Waals surface area contributed by atoms with Gasteiger partial charge >= 0.3 is 5.76 Å². The van der Waals surface area contributed by atoms with E-state index in [-0.39, 0.29) is 16.5 Å². The molecule has 10 nitrogen and oxygen atoms in total. The van der Waals surface area contributed by atoms with Crippen LogP contribution >= 0.6 is 0 Å². The first kappa shape index (κ1) is 23.7. The van der Waals surface area contributed by atoms with E-state index in [1.165, 1.54) is 29.6 Å². The summed E-state index contributed by atoms with van der Waals surface area (Å²) < 4.78 is 39.1. The third-order valence-electron chi connectivity index (χ3n) is 5.57. The van der Waals surface area contributed by atoms with E-state index < -0.39 is 28.2 Å². The summed E-state index contributed by atoms with van der Waals surface area (Å²) in [5.41, 5.74) is 0.787. The maximum atomic E-state index is 13.2. The van der Waals surface area contributed by atoms with Crippen molar-refractivity contribution in [2.24, 2.45) is 0 Å². The van der Waals surface area contributed by atoms with Gasteiger partial charge < -0.3 is 14.5 Å². The van der Waals surface area contributed by atoms with Crippen molar-refractivity contribution in [1.82, 2.24) is 14.1 Å². The summed E-state index contributed by atoms with van der Waals surface area (Å²) in [5, 5.41) is 6.70. The van der Waals surface area contributed by atoms with Crippen LogP contribution in [0, 0.1) is 0 Å². The first-order chi connectivity index (χ1) is 16.4. The fourth-order valence-corrected chi connectivity index (χ4v) is 5.35. The second-order valence-corrected chi connectivity index (χ2v) is 9.86. The van der Waals surface area contributed by atoms with Gasteiger partial charge in [0, 0.05) is 18.7 Å². The van der Waals surface area contributed by atoms with E-state index in [0.717, 1.165) is 30.4 Å². The Hall–Kier alpha value is -3.44. The number of carbonyl (C=O) groups excluding carboxylic acids is 1. The topological polar surface area (TPSA) is 124 Å². The highest BCUT2D eigenvalue weighted by atomic mass is 32.2. The van der Waals surface area contributed by atoms with Crippen LogP contribution in [0.4, 0.5) is 5.69 Å². The maximum absolute atomic E-state index is 13.2. The Morgan fingerprint density at radius 3 is 2.47 bits per heavy atom. The first-order valence-corrected chi connectivity index (χ1v) is 12.4. The Morgan fingerprint density at radius 1 is 1.09 bits per heavy atom. The Morgan fingerprint density at radius 2 is 1.79 bits per heavy atom. The van der Waals surface area contributed by atoms with Gasteiger partial charge in [0.15, 0.2) is 0 Å². The largest absolute Gasteiger partial charge is 0.495 e. The molecule has 0 unspecified atom stereocenters. The number of hydrogen-bond donors (Lipinski definition) is 1. The van der Waals surface area contributed by atoms with Crippen molar-refractivity contribution in [2.45, 2.75) is 37.1 Å². The van der Waals surface area contributed by atoms with Gasteiger partial charge in [-0.25, -0.2) is 13.2 Å². The van der Waals surface area contributed by atoms with Crippen LogP contribution in [0.15, 0.2) is 62.6 Å². The molecule has 4 rings (SSSR count). The third kappa shape index (κ3) is 5.20. The van der Waals surface area contributed by atoms with Gasteiger partial charge in [0.05, 0.1) is 17.7 Å². The van der Waals surface area contributed by atoms with Gasteiger partial charge in [-0.2, -0.15) is 8.99 Å². The number of benzene rings is 2. The van der Waals surface area contributed by atoms with Gasteiger partial charge in [-0.1, -0.05) is 31.0 Å². The minimum Gasteiger partial charge on any atom is -0.495 e. The Balaban J connectivity index is 1.54. The summed E-state index contributed by atoms with van der Waals surface area (Å²) in [5.74, 6) is -0.974. The van der Waals surface area contributed by atoms with Crippen LogP contribution < -0.4 is 15.8 Å². The summed E-state index contributed by atoms with van der Waals surface area (Å²) in [6, 6.07) is 13.2. The lowest BCUT2D eigenvalue weighted by Crippen LogP contribution is -2.32. The number of aromatic nitrogens is 2. The number of amides is 1. The molecule has 11 heteroatoms. The summed E-state index contributed by atoms with van der Waals surface area (Å²) in [6.07, 6.45) is 3.64. The second-order valence-electron chi connectivity index (χ2n) is 7.93. The van der Waals surface area contributed by atoms with Crippen molar-refractivity contribution in [2.75, 3.05) is 25.5 Å². The van der Waals surface area contributed by atoms with Crippen molar-refractivity contribution in [3.8, 4) is 17.2 Å². The van der Waals surface area contributed by atoms with Crippen LogP contribution in [0.1, 0.15) is 25.7 Å². The van der Waals surface area contributed by atoms with Gasteiger partial charge in [0.1, 0.15) is 12.3 Å². The molecular weight excluding hydrogens is 460 g/mol. The molecule has 0 spiro atoms. The minimum atomic E-state index is -3.72. The third-order valence-corrected chi connectivity index (χ3v) is 7.46. The highest BCUT2D eigenvalue weighted by molar-refractivity contribution is 7.89. The summed E-state index contributed by atoms with van der Waals surface area (Å²) in [6.45, 7) is 0.519. The van der Waals surface area contributed by atoms with Gasteiger partial charge in [0.2, 0.25) is 21.8 Å². The molecule has 2 heterocycles. The lowest BCUT2D eigenvalue weighted by Gasteiger charge is -2.21. The van der Waals surface area contributed by atoms with E-state index in [1.54, 1.807) is 24.3 Å². The fourth-order valence-electron chi connectivity index (χ4n) is 3.81. The summed E-state index contributed by atoms with van der Waals surface area (Å²) in [7, 11) is -2.30. The molecule has 1 amide bonds. The molecule has 0 radical (unpaired) electrons. The number of nitrogens with one attached hydrogen (secondary N) is 1. The van der Waals surface area contributed by atoms with E-state index >= 15 is 0 Å². The smallest absolute Gasteiger partial charge is 0.437 e. The van der Waals surface area contributed by atoms with Gasteiger partial charge in [0.25, 0.3) is 0 Å². The van der Waals surface area contributed by atoms with Gasteiger partial charge in [-0.05, 0) is 43.2 Å². The molecule has 1 aliphatic heterocycles. The van der Waals surface area contributed by atoms with Gasteiger partial charge in [-0.15, -0.1) is 5.10 Å². The van der Waals surface area contributed by atoms with Crippen LogP contribution in [-0.4, -0.2) is 48.6 Å². The number of rotatable bonds is 7. The standard InChI is InChI=1S/C23H26N4O6S/c1-32-20-12-11-18(34(30,31)26-13-7-2-3-8-14-26)15-19(20)24-21(28)16-27-23(29)33-22(25-27)17-9-5-4-6-10-17/h4-6,9-12,15H,2-3,7-8,13-14,16H2,1H3,(H,24,28). The maximum Gasteiger partial charge on any atom is 0.437 e. The number of methoxy groups -OCH3 is 1. The molecule has 1 saturated heterocycles. The quantitative estimate of drug-likeness (QED) is 0.544. The minimum absolute atomic E-state index is 0.0652. The van der Waals surface area contributed by atoms with Crippen LogP contribution in [-0.2, 0) is 21.4 Å². The van der Waals surface area contributed by atoms with Crippen LogP contribution in [0.5, 0.6) is 5.75 Å². The second kappa shape index (κ2) is 10.2. The highest BCUT2D eigenvalue weighted by Crippen LogP contribution is 2.30. The number of nitrogens with zero attached hydrogens (tertiary/aromatic N) is 3. The Labute approximate surface area is 197 Å². The molecule has 34 heavy (non-hydrogen) atoms. The van der Waals surface area contributed by atoms with E-state index in [2.05, 4.69) is 10.4 Å². The number of anilines is 1. The molecule has 1 aromatic heterocycles. The molecular formula is C23H26N4O6S. The van der Waals surface area contributed by atoms with Crippen LogP contribution in [0.25, 0.3) is 11.5 Å². The Bertz CT molecular complexity index is 1310. The van der Waals surface area contributed by atoms with Crippen molar-refractivity contribution < 1.29 is 22.4 Å². The zero-order valence-corrected chi connectivity index (χ0v) is 19.6. The zero-order valence-electron chi connectivity index (χ0n) is 18.8. The normalized spacial score (nSPS) is 15.0. The predicted molar refractivity (Wildman–Crippen MR) is 125 cm³/mol. The van der Waals surface area contributed by atoms with E-state index in [9.17, 15) is 18.0 Å². The SMILES string of the molecule is COc1ccc(S(=O)(=O)N2CCCCCC2)cc1NC(=O)Cn1nc(-c2ccccc2)oc1=O. The molecule has 0 bridgehead atoms. The molecule has 0 aliphatic carbocycles. The van der Waals surface area contributed by atoms with Crippen molar-refractivity contribution >= 4 is 21.6 Å². The Kier molecular flexibility index (Phi) is 7.13. The van der Waals surface area contributed by atoms with Crippen LogP contribution in [0.3, 0.4) is 0 Å². The monoisotopic (exact) mass is 486 g/mol. The molecule has 3 aromatic rings.